The summed E-state index contributed by atoms with van der Waals surface area (Å²) in [5.74, 6) is 2.29. The van der Waals surface area contributed by atoms with E-state index < -0.39 is 0 Å². The number of allylic oxidation sites excluding steroid dienone is 22. The lowest BCUT2D eigenvalue weighted by Crippen LogP contribution is -2.36. The summed E-state index contributed by atoms with van der Waals surface area (Å²) in [5.41, 5.74) is 14.8. The van der Waals surface area contributed by atoms with Gasteiger partial charge in [-0.05, 0) is 107 Å². The van der Waals surface area contributed by atoms with Gasteiger partial charge in [-0.2, -0.15) is 0 Å². The first-order valence-electron chi connectivity index (χ1n) is 22.3. The van der Waals surface area contributed by atoms with Gasteiger partial charge in [0, 0.05) is 48.3 Å². The van der Waals surface area contributed by atoms with E-state index in [0.717, 1.165) is 38.5 Å². The molecule has 0 aromatic heterocycles. The van der Waals surface area contributed by atoms with E-state index in [2.05, 4.69) is 196 Å². The Morgan fingerprint density at radius 2 is 1.68 bits per heavy atom. The van der Waals surface area contributed by atoms with Crippen LogP contribution in [0.25, 0.3) is 5.57 Å². The molecule has 0 spiro atoms. The number of benzene rings is 2. The Morgan fingerprint density at radius 1 is 0.797 bits per heavy atom. The second-order valence-electron chi connectivity index (χ2n) is 18.5. The number of fused-ring (bicyclic) bond motifs is 2. The fraction of sp³-hybridized carbons (Fsp3) is 0.316. The summed E-state index contributed by atoms with van der Waals surface area (Å²) in [6.07, 6.45) is 53.9. The first-order chi connectivity index (χ1) is 28.9. The van der Waals surface area contributed by atoms with Gasteiger partial charge in [-0.15, -0.1) is 0 Å². The maximum absolute atomic E-state index is 4.99. The van der Waals surface area contributed by atoms with Crippen molar-refractivity contribution in [3.05, 3.63) is 220 Å². The molecule has 2 aliphatic heterocycles. The molecule has 2 aromatic rings. The Balaban J connectivity index is 1.11. The van der Waals surface area contributed by atoms with Gasteiger partial charge >= 0.3 is 0 Å². The number of aliphatic imine (C=N–C) groups is 1. The summed E-state index contributed by atoms with van der Waals surface area (Å²) >= 11 is 0. The number of hydrogen-bond donors (Lipinski definition) is 0. The molecule has 0 fully saturated rings. The van der Waals surface area contributed by atoms with Gasteiger partial charge in [-0.1, -0.05) is 177 Å². The SMILES string of the molecule is CC1C=CC(C2C=C(C3(C)C=CC4C(=C(C5=CC=CC([C@@H]6CC=CC=N6)C5)C5CC=CC=C5[C@@H]4c4cccc(C5C=CC=CN5C)c4)C3)C=C(c3ccccc3)C2)=CC1. The molecule has 2 aromatic carbocycles. The summed E-state index contributed by atoms with van der Waals surface area (Å²) in [7, 11) is 2.19. The minimum atomic E-state index is -0.148. The van der Waals surface area contributed by atoms with E-state index in [1.54, 1.807) is 16.7 Å². The second-order valence-corrected chi connectivity index (χ2v) is 18.5. The molecule has 10 rings (SSSR count). The minimum Gasteiger partial charge on any atom is -0.370 e. The molecule has 2 heteroatoms. The van der Waals surface area contributed by atoms with Crippen LogP contribution in [0.2, 0.25) is 0 Å². The van der Waals surface area contributed by atoms with Crippen LogP contribution in [0.5, 0.6) is 0 Å². The third-order valence-corrected chi connectivity index (χ3v) is 14.6. The van der Waals surface area contributed by atoms with Crippen LogP contribution >= 0.6 is 0 Å². The first kappa shape index (κ1) is 37.8. The third kappa shape index (κ3) is 7.30. The van der Waals surface area contributed by atoms with E-state index in [0.29, 0.717) is 29.7 Å². The second kappa shape index (κ2) is 15.9. The third-order valence-electron chi connectivity index (χ3n) is 14.6. The Labute approximate surface area is 353 Å². The molecule has 0 amide bonds. The van der Waals surface area contributed by atoms with Crippen LogP contribution in [0.1, 0.15) is 81.0 Å². The number of hydrogen-bond acceptors (Lipinski definition) is 2. The number of nitrogens with zero attached hydrogens (tertiary/aromatic N) is 2. The first-order valence-corrected chi connectivity index (χ1v) is 22.3. The Hall–Kier alpha value is -5.47. The minimum absolute atomic E-state index is 0.148. The molecule has 296 valence electrons. The monoisotopic (exact) mass is 770 g/mol. The smallest absolute Gasteiger partial charge is 0.0721 e. The predicted octanol–water partition coefficient (Wildman–Crippen LogP) is 13.7. The van der Waals surface area contributed by atoms with Crippen LogP contribution in [0.15, 0.2) is 209 Å². The maximum atomic E-state index is 4.99. The molecule has 59 heavy (non-hydrogen) atoms. The number of likely N-dealkylation sites (N-methyl/N-ethyl adjacent to an activating group) is 1. The van der Waals surface area contributed by atoms with Crippen LogP contribution in [-0.4, -0.2) is 24.2 Å². The number of rotatable bonds is 7. The molecule has 2 heterocycles. The van der Waals surface area contributed by atoms with E-state index in [-0.39, 0.29) is 23.3 Å². The van der Waals surface area contributed by atoms with Gasteiger partial charge in [-0.3, -0.25) is 4.99 Å². The molecule has 8 aliphatic rings. The zero-order valence-electron chi connectivity index (χ0n) is 35.0. The van der Waals surface area contributed by atoms with Crippen molar-refractivity contribution in [3.63, 3.8) is 0 Å². The molecular formula is C57H58N2. The maximum Gasteiger partial charge on any atom is 0.0721 e. The molecule has 7 unspecified atom stereocenters. The van der Waals surface area contributed by atoms with Gasteiger partial charge in [0.15, 0.2) is 0 Å². The van der Waals surface area contributed by atoms with Gasteiger partial charge < -0.3 is 4.90 Å². The fourth-order valence-corrected chi connectivity index (χ4v) is 11.4. The van der Waals surface area contributed by atoms with Gasteiger partial charge in [0.05, 0.1) is 12.1 Å². The quantitative estimate of drug-likeness (QED) is 0.256. The van der Waals surface area contributed by atoms with Crippen LogP contribution in [0, 0.1) is 35.0 Å². The van der Waals surface area contributed by atoms with Crippen LogP contribution in [0.4, 0.5) is 0 Å². The Morgan fingerprint density at radius 3 is 2.51 bits per heavy atom. The lowest BCUT2D eigenvalue weighted by atomic mass is 9.55. The molecule has 0 bridgehead atoms. The van der Waals surface area contributed by atoms with E-state index in [1.165, 1.54) is 39.0 Å². The zero-order valence-corrected chi connectivity index (χ0v) is 35.0. The molecule has 0 saturated heterocycles. The van der Waals surface area contributed by atoms with Gasteiger partial charge in [0.1, 0.15) is 0 Å². The van der Waals surface area contributed by atoms with Crippen LogP contribution < -0.4 is 0 Å². The van der Waals surface area contributed by atoms with Crippen molar-refractivity contribution in [1.29, 1.82) is 0 Å². The normalized spacial score (nSPS) is 33.2. The Kier molecular flexibility index (Phi) is 10.2. The van der Waals surface area contributed by atoms with E-state index in [1.807, 2.05) is 6.21 Å². The molecule has 0 radical (unpaired) electrons. The molecule has 6 aliphatic carbocycles. The van der Waals surface area contributed by atoms with Crippen molar-refractivity contribution < 1.29 is 0 Å². The summed E-state index contributed by atoms with van der Waals surface area (Å²) < 4.78 is 0. The van der Waals surface area contributed by atoms with Crippen molar-refractivity contribution in [1.82, 2.24) is 4.90 Å². The summed E-state index contributed by atoms with van der Waals surface area (Å²) in [6.45, 7) is 4.86. The van der Waals surface area contributed by atoms with E-state index in [9.17, 15) is 0 Å². The van der Waals surface area contributed by atoms with Crippen molar-refractivity contribution in [3.8, 4) is 0 Å². The average Bonchev–Trinajstić information content (AvgIpc) is 3.29. The van der Waals surface area contributed by atoms with Crippen molar-refractivity contribution >= 4 is 11.8 Å². The fourth-order valence-electron chi connectivity index (χ4n) is 11.4. The van der Waals surface area contributed by atoms with Gasteiger partial charge in [-0.25, -0.2) is 0 Å². The standard InChI is InChI=1S/C57H58N2/c1-39-25-27-41(28-26-39)47-35-46(40-15-5-4-6-16-40)36-48(37-47)57(2)30-29-51-52(38-57)56(44-19-13-17-42(33-44)53-23-9-11-31-58-53)50-22-8-7-21-49(50)55(51)45-20-14-18-43(34-45)54-24-10-12-32-59(54)3/h4-21,24-25,27-32,34,36-37,39,42,47,50-51,53-55H,22-23,26,33,35,38H2,1-3H3/t39?,42?,47?,50?,51?,53-,54?,55-,57?/m0/s1. The van der Waals surface area contributed by atoms with E-state index >= 15 is 0 Å². The number of dihydropyridines is 1. The molecule has 0 N–H and O–H groups in total. The highest BCUT2D eigenvalue weighted by molar-refractivity contribution is 5.73. The lowest BCUT2D eigenvalue weighted by Gasteiger charge is -2.48. The van der Waals surface area contributed by atoms with Crippen molar-refractivity contribution in [2.45, 2.75) is 70.4 Å². The van der Waals surface area contributed by atoms with Crippen LogP contribution in [-0.2, 0) is 0 Å². The predicted molar refractivity (Wildman–Crippen MR) is 249 cm³/mol. The molecule has 9 atom stereocenters. The highest BCUT2D eigenvalue weighted by Crippen LogP contribution is 2.59. The summed E-state index contributed by atoms with van der Waals surface area (Å²) in [5, 5.41) is 0. The Bertz CT molecular complexity index is 2430. The van der Waals surface area contributed by atoms with Gasteiger partial charge in [0.25, 0.3) is 0 Å². The van der Waals surface area contributed by atoms with Crippen molar-refractivity contribution in [2.24, 2.45) is 40.0 Å². The summed E-state index contributed by atoms with van der Waals surface area (Å²) in [6, 6.07) is 21.3. The molecule has 0 saturated carbocycles. The topological polar surface area (TPSA) is 15.6 Å². The molecular weight excluding hydrogens is 713 g/mol. The van der Waals surface area contributed by atoms with Crippen molar-refractivity contribution in [2.75, 3.05) is 7.05 Å². The van der Waals surface area contributed by atoms with E-state index in [4.69, 9.17) is 4.99 Å². The summed E-state index contributed by atoms with van der Waals surface area (Å²) in [4.78, 5) is 7.32. The average molecular weight is 771 g/mol. The lowest BCUT2D eigenvalue weighted by molar-refractivity contribution is 0.388. The van der Waals surface area contributed by atoms with Crippen LogP contribution in [0.3, 0.4) is 0 Å². The zero-order chi connectivity index (χ0) is 39.9. The molecule has 2 nitrogen and oxygen atoms in total. The highest BCUT2D eigenvalue weighted by Gasteiger charge is 2.46. The van der Waals surface area contributed by atoms with Gasteiger partial charge in [0.2, 0.25) is 0 Å². The largest absolute Gasteiger partial charge is 0.370 e. The highest BCUT2D eigenvalue weighted by atomic mass is 15.1.